The van der Waals surface area contributed by atoms with Crippen molar-refractivity contribution in [1.29, 1.82) is 0 Å². The fourth-order valence-corrected chi connectivity index (χ4v) is 8.69. The summed E-state index contributed by atoms with van der Waals surface area (Å²) in [4.78, 5) is 51.1. The maximum atomic E-state index is 13.1. The first-order chi connectivity index (χ1) is 36.6. The molecule has 1 aliphatic rings. The van der Waals surface area contributed by atoms with Crippen LogP contribution in [0.4, 0.5) is 0 Å². The summed E-state index contributed by atoms with van der Waals surface area (Å²) in [6.07, 6.45) is 51.6. The van der Waals surface area contributed by atoms with Gasteiger partial charge in [-0.05, 0) is 83.5 Å². The number of aliphatic hydroxyl groups excluding tert-OH is 2. The number of aliphatic hydroxyl groups is 2. The van der Waals surface area contributed by atoms with Gasteiger partial charge < -0.3 is 39.0 Å². The normalized spacial score (nSPS) is 18.7. The summed E-state index contributed by atoms with van der Waals surface area (Å²) < 4.78 is 28.4. The molecule has 1 aliphatic heterocycles. The van der Waals surface area contributed by atoms with Crippen molar-refractivity contribution in [2.75, 3.05) is 13.2 Å². The Hall–Kier alpha value is -3.84. The molecule has 1 heterocycles. The number of hydrogen-bond donors (Lipinski definition) is 3. The van der Waals surface area contributed by atoms with E-state index in [1.54, 1.807) is 0 Å². The summed E-state index contributed by atoms with van der Waals surface area (Å²) in [5, 5.41) is 31.5. The highest BCUT2D eigenvalue weighted by atomic mass is 16.7. The van der Waals surface area contributed by atoms with Crippen molar-refractivity contribution in [3.63, 3.8) is 0 Å². The molecular formula is C63H106O12. The number of carbonyl (C=O) groups is 4. The highest BCUT2D eigenvalue weighted by Gasteiger charge is 2.50. The minimum Gasteiger partial charge on any atom is -0.479 e. The Morgan fingerprint density at radius 1 is 0.453 bits per heavy atom. The lowest BCUT2D eigenvalue weighted by Gasteiger charge is -2.40. The quantitative estimate of drug-likeness (QED) is 0.0228. The zero-order chi connectivity index (χ0) is 54.7. The third-order valence-corrected chi connectivity index (χ3v) is 13.2. The van der Waals surface area contributed by atoms with Crippen LogP contribution < -0.4 is 0 Å². The molecule has 0 aromatic carbocycles. The second kappa shape index (κ2) is 50.9. The van der Waals surface area contributed by atoms with Gasteiger partial charge in [0.05, 0.1) is 6.61 Å². The number of aliphatic carboxylic acids is 1. The van der Waals surface area contributed by atoms with Gasteiger partial charge in [0.1, 0.15) is 18.8 Å². The number of carboxylic acids is 1. The van der Waals surface area contributed by atoms with Crippen LogP contribution >= 0.6 is 0 Å². The van der Waals surface area contributed by atoms with Gasteiger partial charge in [-0.2, -0.15) is 0 Å². The van der Waals surface area contributed by atoms with Gasteiger partial charge in [-0.15, -0.1) is 0 Å². The van der Waals surface area contributed by atoms with Gasteiger partial charge >= 0.3 is 23.9 Å². The lowest BCUT2D eigenvalue weighted by molar-refractivity contribution is -0.301. The molecule has 0 radical (unpaired) electrons. The second-order valence-corrected chi connectivity index (χ2v) is 20.3. The number of esters is 3. The van der Waals surface area contributed by atoms with Crippen LogP contribution in [0, 0.1) is 0 Å². The Morgan fingerprint density at radius 3 is 1.36 bits per heavy atom. The van der Waals surface area contributed by atoms with Gasteiger partial charge in [0.2, 0.25) is 0 Å². The number of allylic oxidation sites excluding steroid dienone is 12. The average molecular weight is 1060 g/mol. The van der Waals surface area contributed by atoms with Gasteiger partial charge in [0.25, 0.3) is 0 Å². The smallest absolute Gasteiger partial charge is 0.335 e. The largest absolute Gasteiger partial charge is 0.479 e. The first-order valence-electron chi connectivity index (χ1n) is 29.9. The van der Waals surface area contributed by atoms with Crippen LogP contribution in [0.1, 0.15) is 252 Å². The molecule has 1 fully saturated rings. The standard InChI is InChI=1S/C63H106O12/c1-4-7-10-13-16-19-22-25-27-28-30-33-36-39-42-45-48-51-57(66)74-61-59(68)58(67)60(62(69)70)75-63(61)72-53-54(73-56(65)50-47-44-41-38-35-31-24-21-18-15-12-9-6-3)52-71-55(64)49-46-43-40-37-34-32-29-26-23-20-17-14-11-8-5-2/h8,11-12,15,17,20-21,24,26,29,34,37,54,58-61,63,67-68H,4-7,9-10,13-14,16,18-19,22-23,25,27-28,30-33,35-36,38-53H2,1-3H3,(H,69,70)/b11-8-,15-12-,20-17-,24-21-,29-26-,37-34-. The summed E-state index contributed by atoms with van der Waals surface area (Å²) in [6.45, 7) is 5.78. The first kappa shape index (κ1) is 69.2. The molecule has 3 N–H and O–H groups in total. The topological polar surface area (TPSA) is 175 Å². The average Bonchev–Trinajstić information content (AvgIpc) is 3.39. The molecule has 0 spiro atoms. The third-order valence-electron chi connectivity index (χ3n) is 13.2. The van der Waals surface area contributed by atoms with Gasteiger partial charge in [-0.3, -0.25) is 14.4 Å². The van der Waals surface area contributed by atoms with E-state index in [1.165, 1.54) is 77.0 Å². The molecule has 12 heteroatoms. The summed E-state index contributed by atoms with van der Waals surface area (Å²) >= 11 is 0. The van der Waals surface area contributed by atoms with Crippen molar-refractivity contribution in [3.05, 3.63) is 72.9 Å². The van der Waals surface area contributed by atoms with E-state index in [0.717, 1.165) is 116 Å². The van der Waals surface area contributed by atoms with Crippen LogP contribution in [0.15, 0.2) is 72.9 Å². The SMILES string of the molecule is CC/C=C\C/C=C\C/C=C\C/C=C\CCCCC(=O)OCC(COC1OC(C(=O)O)C(O)C(O)C1OC(=O)CCCCCCCCCCCCCCCCCCC)OC(=O)CCCCCCC/C=C\C/C=C\CCC. The van der Waals surface area contributed by atoms with Crippen molar-refractivity contribution in [1.82, 2.24) is 0 Å². The van der Waals surface area contributed by atoms with Crippen LogP contribution in [0.5, 0.6) is 0 Å². The van der Waals surface area contributed by atoms with E-state index in [-0.39, 0.29) is 25.9 Å². The zero-order valence-electron chi connectivity index (χ0n) is 47.3. The maximum absolute atomic E-state index is 13.1. The molecular weight excluding hydrogens is 949 g/mol. The highest BCUT2D eigenvalue weighted by Crippen LogP contribution is 2.26. The molecule has 75 heavy (non-hydrogen) atoms. The Labute approximate surface area is 455 Å². The maximum Gasteiger partial charge on any atom is 0.335 e. The number of hydrogen-bond acceptors (Lipinski definition) is 11. The minimum absolute atomic E-state index is 0.0562. The van der Waals surface area contributed by atoms with Gasteiger partial charge in [0, 0.05) is 19.3 Å². The van der Waals surface area contributed by atoms with Crippen molar-refractivity contribution in [2.45, 2.75) is 289 Å². The molecule has 0 amide bonds. The molecule has 6 atom stereocenters. The van der Waals surface area contributed by atoms with Crippen LogP contribution in [0.25, 0.3) is 0 Å². The number of ether oxygens (including phenoxy) is 5. The fraction of sp³-hybridized carbons (Fsp3) is 0.746. The van der Waals surface area contributed by atoms with Crippen LogP contribution in [0.2, 0.25) is 0 Å². The lowest BCUT2D eigenvalue weighted by Crippen LogP contribution is -2.61. The van der Waals surface area contributed by atoms with E-state index < -0.39 is 67.3 Å². The van der Waals surface area contributed by atoms with Crippen LogP contribution in [-0.2, 0) is 42.9 Å². The molecule has 0 aromatic heterocycles. The van der Waals surface area contributed by atoms with E-state index in [9.17, 15) is 34.5 Å². The number of carbonyl (C=O) groups excluding carboxylic acids is 3. The highest BCUT2D eigenvalue weighted by molar-refractivity contribution is 5.74. The number of carboxylic acid groups (broad SMARTS) is 1. The summed E-state index contributed by atoms with van der Waals surface area (Å²) in [6, 6.07) is 0. The van der Waals surface area contributed by atoms with E-state index in [4.69, 9.17) is 23.7 Å². The van der Waals surface area contributed by atoms with Crippen LogP contribution in [-0.4, -0.2) is 89.2 Å². The molecule has 0 saturated carbocycles. The molecule has 0 aliphatic carbocycles. The second-order valence-electron chi connectivity index (χ2n) is 20.3. The van der Waals surface area contributed by atoms with Gasteiger partial charge in [-0.25, -0.2) is 4.79 Å². The first-order valence-corrected chi connectivity index (χ1v) is 29.9. The monoisotopic (exact) mass is 1050 g/mol. The number of rotatable bonds is 50. The lowest BCUT2D eigenvalue weighted by atomic mass is 9.98. The molecule has 0 aromatic rings. The fourth-order valence-electron chi connectivity index (χ4n) is 8.69. The molecule has 6 unspecified atom stereocenters. The molecule has 1 saturated heterocycles. The van der Waals surface area contributed by atoms with Gasteiger partial charge in [0.15, 0.2) is 24.6 Å². The van der Waals surface area contributed by atoms with Crippen LogP contribution in [0.3, 0.4) is 0 Å². The Balaban J connectivity index is 2.70. The molecule has 12 nitrogen and oxygen atoms in total. The van der Waals surface area contributed by atoms with E-state index >= 15 is 0 Å². The van der Waals surface area contributed by atoms with Gasteiger partial charge in [-0.1, -0.05) is 222 Å². The summed E-state index contributed by atoms with van der Waals surface area (Å²) in [7, 11) is 0. The predicted octanol–water partition coefficient (Wildman–Crippen LogP) is 15.3. The van der Waals surface area contributed by atoms with Crippen molar-refractivity contribution in [2.24, 2.45) is 0 Å². The Bertz CT molecular complexity index is 1580. The van der Waals surface area contributed by atoms with E-state index in [0.29, 0.717) is 19.3 Å². The molecule has 0 bridgehead atoms. The third kappa shape index (κ3) is 41.0. The Morgan fingerprint density at radius 2 is 0.867 bits per heavy atom. The van der Waals surface area contributed by atoms with Crippen molar-refractivity contribution < 1.29 is 58.2 Å². The number of unbranched alkanes of at least 4 members (excludes halogenated alkanes) is 24. The van der Waals surface area contributed by atoms with E-state index in [2.05, 4.69) is 93.7 Å². The molecule has 430 valence electrons. The minimum atomic E-state index is -1.91. The Kier molecular flexibility index (Phi) is 47.0. The predicted molar refractivity (Wildman–Crippen MR) is 303 cm³/mol. The summed E-state index contributed by atoms with van der Waals surface area (Å²) in [5.74, 6) is -3.19. The summed E-state index contributed by atoms with van der Waals surface area (Å²) in [5.41, 5.74) is 0. The zero-order valence-corrected chi connectivity index (χ0v) is 47.3. The van der Waals surface area contributed by atoms with Crippen molar-refractivity contribution >= 4 is 23.9 Å². The molecule has 1 rings (SSSR count). The van der Waals surface area contributed by atoms with E-state index in [1.807, 2.05) is 0 Å². The van der Waals surface area contributed by atoms with Crippen molar-refractivity contribution in [3.8, 4) is 0 Å².